The Bertz CT molecular complexity index is 1120. The Kier molecular flexibility index (Phi) is 5.81. The predicted octanol–water partition coefficient (Wildman–Crippen LogP) is 3.62. The van der Waals surface area contributed by atoms with E-state index >= 15 is 0 Å². The Hall–Kier alpha value is -3.32. The molecule has 7 heteroatoms. The highest BCUT2D eigenvalue weighted by molar-refractivity contribution is 6.46. The molecule has 2 aromatic carbocycles. The number of aliphatic hydroxyl groups is 1. The van der Waals surface area contributed by atoms with Crippen LogP contribution in [0.2, 0.25) is 0 Å². The lowest BCUT2D eigenvalue weighted by Gasteiger charge is -2.27. The molecule has 0 bridgehead atoms. The third-order valence-corrected chi connectivity index (χ3v) is 6.41. The lowest BCUT2D eigenvalue weighted by Crippen LogP contribution is -2.36. The van der Waals surface area contributed by atoms with Gasteiger partial charge in [-0.05, 0) is 61.2 Å². The first-order valence-corrected chi connectivity index (χ1v) is 11.5. The van der Waals surface area contributed by atoms with Crippen LogP contribution >= 0.6 is 0 Å². The number of hydrogen-bond acceptors (Lipinski definition) is 6. The molecule has 172 valence electrons. The summed E-state index contributed by atoms with van der Waals surface area (Å²) in [5.41, 5.74) is 2.28. The van der Waals surface area contributed by atoms with E-state index in [1.807, 2.05) is 37.3 Å². The van der Waals surface area contributed by atoms with Gasteiger partial charge in [-0.1, -0.05) is 12.1 Å². The number of benzene rings is 2. The van der Waals surface area contributed by atoms with Crippen LogP contribution in [0, 0.1) is 0 Å². The fraction of sp³-hybridized carbons (Fsp3) is 0.385. The molecule has 1 amide bonds. The van der Waals surface area contributed by atoms with Crippen molar-refractivity contribution in [2.24, 2.45) is 0 Å². The summed E-state index contributed by atoms with van der Waals surface area (Å²) in [6.45, 7) is 3.93. The fourth-order valence-electron chi connectivity index (χ4n) is 4.85. The van der Waals surface area contributed by atoms with Crippen LogP contribution < -0.4 is 9.47 Å². The summed E-state index contributed by atoms with van der Waals surface area (Å²) in [4.78, 5) is 27.9. The van der Waals surface area contributed by atoms with Gasteiger partial charge in [-0.25, -0.2) is 0 Å². The minimum atomic E-state index is -0.723. The van der Waals surface area contributed by atoms with Crippen LogP contribution in [-0.4, -0.2) is 54.2 Å². The molecule has 33 heavy (non-hydrogen) atoms. The molecule has 0 aliphatic carbocycles. The summed E-state index contributed by atoms with van der Waals surface area (Å²) < 4.78 is 17.0. The van der Waals surface area contributed by atoms with Gasteiger partial charge in [-0.2, -0.15) is 0 Å². The van der Waals surface area contributed by atoms with Gasteiger partial charge in [0.05, 0.1) is 30.9 Å². The number of aliphatic hydroxyl groups excluding tert-OH is 1. The number of amides is 1. The van der Waals surface area contributed by atoms with Crippen molar-refractivity contribution in [1.29, 1.82) is 0 Å². The zero-order chi connectivity index (χ0) is 22.9. The zero-order valence-electron chi connectivity index (χ0n) is 18.6. The van der Waals surface area contributed by atoms with Crippen LogP contribution in [0.25, 0.3) is 5.76 Å². The lowest BCUT2D eigenvalue weighted by atomic mass is 9.94. The Labute approximate surface area is 192 Å². The van der Waals surface area contributed by atoms with E-state index in [0.29, 0.717) is 43.2 Å². The molecule has 0 spiro atoms. The van der Waals surface area contributed by atoms with E-state index < -0.39 is 17.7 Å². The molecule has 2 aromatic rings. The van der Waals surface area contributed by atoms with Crippen molar-refractivity contribution in [2.75, 3.05) is 26.4 Å². The lowest BCUT2D eigenvalue weighted by molar-refractivity contribution is -0.140. The Morgan fingerprint density at radius 3 is 2.85 bits per heavy atom. The maximum absolute atomic E-state index is 13.2. The molecule has 3 heterocycles. The molecule has 0 aromatic heterocycles. The van der Waals surface area contributed by atoms with Crippen LogP contribution in [0.1, 0.15) is 42.5 Å². The van der Waals surface area contributed by atoms with Gasteiger partial charge in [0, 0.05) is 25.1 Å². The van der Waals surface area contributed by atoms with Crippen LogP contribution in [0.3, 0.4) is 0 Å². The topological polar surface area (TPSA) is 85.3 Å². The molecule has 2 unspecified atom stereocenters. The largest absolute Gasteiger partial charge is 0.507 e. The number of ketones is 1. The quantitative estimate of drug-likeness (QED) is 0.412. The second-order valence-corrected chi connectivity index (χ2v) is 8.51. The van der Waals surface area contributed by atoms with E-state index in [0.717, 1.165) is 30.6 Å². The molecular formula is C26H27NO6. The van der Waals surface area contributed by atoms with Crippen molar-refractivity contribution in [2.45, 2.75) is 38.3 Å². The molecule has 2 saturated heterocycles. The molecule has 1 N–H and O–H groups in total. The number of nitrogens with zero attached hydrogens (tertiary/aromatic N) is 1. The monoisotopic (exact) mass is 449 g/mol. The predicted molar refractivity (Wildman–Crippen MR) is 121 cm³/mol. The first-order valence-electron chi connectivity index (χ1n) is 11.5. The third kappa shape index (κ3) is 3.97. The maximum atomic E-state index is 13.2. The van der Waals surface area contributed by atoms with E-state index in [4.69, 9.17) is 14.2 Å². The van der Waals surface area contributed by atoms with Crippen molar-refractivity contribution >= 4 is 17.4 Å². The standard InChI is InChI=1S/C26H27NO6/c1-2-31-19-6-3-5-17(14-19)23-22(24(28)18-8-9-21-16(13-18)10-12-33-21)25(29)26(30)27(23)15-20-7-4-11-32-20/h3,5-6,8-9,13-14,20,23,28H,2,4,7,10-12,15H2,1H3/b24-22-. The van der Waals surface area contributed by atoms with Crippen molar-refractivity contribution < 1.29 is 28.9 Å². The highest BCUT2D eigenvalue weighted by atomic mass is 16.5. The van der Waals surface area contributed by atoms with Gasteiger partial charge in [-0.15, -0.1) is 0 Å². The summed E-state index contributed by atoms with van der Waals surface area (Å²) in [5, 5.41) is 11.3. The molecule has 0 radical (unpaired) electrons. The first kappa shape index (κ1) is 21.5. The van der Waals surface area contributed by atoms with E-state index in [1.165, 1.54) is 4.90 Å². The van der Waals surface area contributed by atoms with Crippen LogP contribution in [0.4, 0.5) is 0 Å². The van der Waals surface area contributed by atoms with Crippen molar-refractivity contribution in [3.63, 3.8) is 0 Å². The fourth-order valence-corrected chi connectivity index (χ4v) is 4.85. The van der Waals surface area contributed by atoms with E-state index in [-0.39, 0.29) is 17.4 Å². The zero-order valence-corrected chi connectivity index (χ0v) is 18.6. The summed E-state index contributed by atoms with van der Waals surface area (Å²) in [7, 11) is 0. The number of Topliss-reactive ketones (excluding diaryl/α,β-unsaturated/α-hetero) is 1. The number of carbonyl (C=O) groups is 2. The second kappa shape index (κ2) is 8.90. The first-order chi connectivity index (χ1) is 16.1. The van der Waals surface area contributed by atoms with Crippen molar-refractivity contribution in [3.05, 3.63) is 64.7 Å². The number of carbonyl (C=O) groups excluding carboxylic acids is 2. The van der Waals surface area contributed by atoms with Gasteiger partial charge in [0.25, 0.3) is 11.7 Å². The summed E-state index contributed by atoms with van der Waals surface area (Å²) >= 11 is 0. The van der Waals surface area contributed by atoms with Gasteiger partial charge >= 0.3 is 0 Å². The highest BCUT2D eigenvalue weighted by Gasteiger charge is 2.47. The number of likely N-dealkylation sites (tertiary alicyclic amines) is 1. The second-order valence-electron chi connectivity index (χ2n) is 8.51. The minimum Gasteiger partial charge on any atom is -0.507 e. The smallest absolute Gasteiger partial charge is 0.295 e. The summed E-state index contributed by atoms with van der Waals surface area (Å²) in [6, 6.07) is 12.0. The molecule has 3 aliphatic heterocycles. The molecular weight excluding hydrogens is 422 g/mol. The van der Waals surface area contributed by atoms with E-state index in [1.54, 1.807) is 12.1 Å². The maximum Gasteiger partial charge on any atom is 0.295 e. The third-order valence-electron chi connectivity index (χ3n) is 6.41. The normalized spacial score (nSPS) is 23.6. The molecule has 5 rings (SSSR count). The molecule has 2 fully saturated rings. The van der Waals surface area contributed by atoms with Gasteiger partial charge < -0.3 is 24.2 Å². The number of ether oxygens (including phenoxy) is 3. The Morgan fingerprint density at radius 1 is 1.18 bits per heavy atom. The van der Waals surface area contributed by atoms with Crippen molar-refractivity contribution in [1.82, 2.24) is 4.90 Å². The summed E-state index contributed by atoms with van der Waals surface area (Å²) in [6.07, 6.45) is 2.37. The van der Waals surface area contributed by atoms with E-state index in [9.17, 15) is 14.7 Å². The van der Waals surface area contributed by atoms with Crippen LogP contribution in [-0.2, 0) is 20.7 Å². The average Bonchev–Trinajstić information content (AvgIpc) is 3.56. The van der Waals surface area contributed by atoms with Crippen molar-refractivity contribution in [3.8, 4) is 11.5 Å². The molecule has 0 saturated carbocycles. The Morgan fingerprint density at radius 2 is 2.06 bits per heavy atom. The SMILES string of the molecule is CCOc1cccc(C2/C(=C(/O)c3ccc4c(c3)CCO4)C(=O)C(=O)N2CC2CCCO2)c1. The van der Waals surface area contributed by atoms with E-state index in [2.05, 4.69) is 0 Å². The van der Waals surface area contributed by atoms with Gasteiger partial charge in [0.15, 0.2) is 0 Å². The van der Waals surface area contributed by atoms with Gasteiger partial charge in [0.2, 0.25) is 0 Å². The highest BCUT2D eigenvalue weighted by Crippen LogP contribution is 2.41. The van der Waals surface area contributed by atoms with Gasteiger partial charge in [0.1, 0.15) is 17.3 Å². The van der Waals surface area contributed by atoms with Crippen LogP contribution in [0.5, 0.6) is 11.5 Å². The molecule has 7 nitrogen and oxygen atoms in total. The number of fused-ring (bicyclic) bond motifs is 1. The van der Waals surface area contributed by atoms with Crippen LogP contribution in [0.15, 0.2) is 48.0 Å². The average molecular weight is 450 g/mol. The number of rotatable bonds is 6. The van der Waals surface area contributed by atoms with Gasteiger partial charge in [-0.3, -0.25) is 9.59 Å². The molecule has 3 aliphatic rings. The molecule has 2 atom stereocenters. The Balaban J connectivity index is 1.61. The minimum absolute atomic E-state index is 0.0884. The summed E-state index contributed by atoms with van der Waals surface area (Å²) in [5.74, 6) is -0.0548. The number of hydrogen-bond donors (Lipinski definition) is 1.